The first-order valence-electron chi connectivity index (χ1n) is 8.58. The molecule has 1 heterocycles. The fourth-order valence-corrected chi connectivity index (χ4v) is 3.03. The predicted molar refractivity (Wildman–Crippen MR) is 110 cm³/mol. The zero-order chi connectivity index (χ0) is 18.6. The lowest BCUT2D eigenvalue weighted by atomic mass is 10.1. The first-order chi connectivity index (χ1) is 11.7. The fourth-order valence-electron chi connectivity index (χ4n) is 3.03. The number of hydrogen-bond donors (Lipinski definition) is 2. The molecule has 4 nitrogen and oxygen atoms in total. The maximum absolute atomic E-state index is 12.8. The summed E-state index contributed by atoms with van der Waals surface area (Å²) in [5, 5.41) is 6.50. The average Bonchev–Trinajstić information content (AvgIpc) is 2.92. The molecule has 0 bridgehead atoms. The van der Waals surface area contributed by atoms with Gasteiger partial charge >= 0.3 is 6.18 Å². The molecule has 1 saturated heterocycles. The van der Waals surface area contributed by atoms with E-state index in [0.29, 0.717) is 30.0 Å². The Bertz CT molecular complexity index is 604. The Morgan fingerprint density at radius 3 is 2.54 bits per heavy atom. The Labute approximate surface area is 170 Å². The van der Waals surface area contributed by atoms with E-state index in [4.69, 9.17) is 0 Å². The summed E-state index contributed by atoms with van der Waals surface area (Å²) in [5.74, 6) is 1.09. The first kappa shape index (κ1) is 23.0. The average molecular weight is 484 g/mol. The lowest BCUT2D eigenvalue weighted by Crippen LogP contribution is -2.46. The van der Waals surface area contributed by atoms with Crippen molar-refractivity contribution in [2.75, 3.05) is 20.1 Å². The number of hydrogen-bond acceptors (Lipinski definition) is 2. The van der Waals surface area contributed by atoms with E-state index >= 15 is 0 Å². The molecule has 2 unspecified atom stereocenters. The molecule has 1 aliphatic rings. The Hall–Kier alpha value is -1.03. The van der Waals surface area contributed by atoms with E-state index in [9.17, 15) is 13.2 Å². The minimum atomic E-state index is -4.32. The van der Waals surface area contributed by atoms with Gasteiger partial charge in [-0.05, 0) is 37.5 Å². The molecule has 148 valence electrons. The van der Waals surface area contributed by atoms with Gasteiger partial charge in [0.15, 0.2) is 5.96 Å². The highest BCUT2D eigenvalue weighted by Crippen LogP contribution is 2.29. The number of guanidine groups is 1. The van der Waals surface area contributed by atoms with Gasteiger partial charge in [-0.1, -0.05) is 19.1 Å². The highest BCUT2D eigenvalue weighted by molar-refractivity contribution is 14.0. The van der Waals surface area contributed by atoms with Crippen LogP contribution < -0.4 is 10.6 Å². The van der Waals surface area contributed by atoms with Gasteiger partial charge in [-0.25, -0.2) is 0 Å². The van der Waals surface area contributed by atoms with E-state index in [1.54, 1.807) is 13.1 Å². The zero-order valence-corrected chi connectivity index (χ0v) is 17.9. The quantitative estimate of drug-likeness (QED) is 0.389. The third kappa shape index (κ3) is 6.29. The van der Waals surface area contributed by atoms with E-state index in [-0.39, 0.29) is 30.0 Å². The van der Waals surface area contributed by atoms with Crippen molar-refractivity contribution in [1.82, 2.24) is 15.5 Å². The van der Waals surface area contributed by atoms with Crippen LogP contribution in [0.15, 0.2) is 29.3 Å². The predicted octanol–water partition coefficient (Wildman–Crippen LogP) is 3.72. The molecule has 0 saturated carbocycles. The number of aliphatic imine (C=N–C) groups is 1. The van der Waals surface area contributed by atoms with E-state index in [1.165, 1.54) is 12.1 Å². The second-order valence-corrected chi connectivity index (χ2v) is 6.90. The van der Waals surface area contributed by atoms with Crippen molar-refractivity contribution in [1.29, 1.82) is 0 Å². The van der Waals surface area contributed by atoms with Crippen molar-refractivity contribution < 1.29 is 13.2 Å². The molecule has 0 amide bonds. The summed E-state index contributed by atoms with van der Waals surface area (Å²) in [6.07, 6.45) is -4.32. The minimum Gasteiger partial charge on any atom is -0.352 e. The number of alkyl halides is 3. The van der Waals surface area contributed by atoms with Gasteiger partial charge in [0.2, 0.25) is 0 Å². The lowest BCUT2D eigenvalue weighted by molar-refractivity contribution is -0.137. The number of benzene rings is 1. The van der Waals surface area contributed by atoms with Gasteiger partial charge in [0.05, 0.1) is 5.56 Å². The van der Waals surface area contributed by atoms with Gasteiger partial charge < -0.3 is 10.6 Å². The molecule has 0 spiro atoms. The second kappa shape index (κ2) is 9.77. The number of nitrogens with one attached hydrogen (secondary N) is 2. The first-order valence-corrected chi connectivity index (χ1v) is 8.58. The van der Waals surface area contributed by atoms with Crippen LogP contribution in [0.1, 0.15) is 31.9 Å². The molecule has 1 aliphatic heterocycles. The maximum atomic E-state index is 12.8. The lowest BCUT2D eigenvalue weighted by Gasteiger charge is -2.22. The molecular formula is C18H28F3IN4. The molecule has 0 aliphatic carbocycles. The zero-order valence-electron chi connectivity index (χ0n) is 15.6. The smallest absolute Gasteiger partial charge is 0.352 e. The van der Waals surface area contributed by atoms with Crippen LogP contribution in [0.4, 0.5) is 13.2 Å². The third-order valence-electron chi connectivity index (χ3n) is 4.63. The van der Waals surface area contributed by atoms with E-state index in [1.807, 2.05) is 0 Å². The highest BCUT2D eigenvalue weighted by atomic mass is 127. The van der Waals surface area contributed by atoms with E-state index in [0.717, 1.165) is 19.2 Å². The Morgan fingerprint density at radius 2 is 2.00 bits per heavy atom. The summed E-state index contributed by atoms with van der Waals surface area (Å²) in [7, 11) is 1.67. The Kier molecular flexibility index (Phi) is 8.65. The monoisotopic (exact) mass is 484 g/mol. The summed E-state index contributed by atoms with van der Waals surface area (Å²) in [6.45, 7) is 8.80. The van der Waals surface area contributed by atoms with Crippen molar-refractivity contribution in [2.24, 2.45) is 10.9 Å². The number of rotatable bonds is 4. The Balaban J connectivity index is 0.00000338. The standard InChI is InChI=1S/C18H27F3N4.HI/c1-12(2)25-10-13(3)16(11-25)24-17(22-4)23-9-14-6-5-7-15(8-14)18(19,20)21;/h5-8,12-13,16H,9-11H2,1-4H3,(H2,22,23,24);1H. The fraction of sp³-hybridized carbons (Fsp3) is 0.611. The molecule has 26 heavy (non-hydrogen) atoms. The van der Waals surface area contributed by atoms with Gasteiger partial charge in [0.25, 0.3) is 0 Å². The van der Waals surface area contributed by atoms with Crippen molar-refractivity contribution in [3.8, 4) is 0 Å². The van der Waals surface area contributed by atoms with Crippen LogP contribution in [0.25, 0.3) is 0 Å². The molecule has 1 fully saturated rings. The van der Waals surface area contributed by atoms with Gasteiger partial charge in [-0.2, -0.15) is 13.2 Å². The number of likely N-dealkylation sites (tertiary alicyclic amines) is 1. The summed E-state index contributed by atoms with van der Waals surface area (Å²) >= 11 is 0. The molecule has 2 atom stereocenters. The normalized spacial score (nSPS) is 21.6. The highest BCUT2D eigenvalue weighted by Gasteiger charge is 2.32. The molecule has 0 radical (unpaired) electrons. The maximum Gasteiger partial charge on any atom is 0.416 e. The van der Waals surface area contributed by atoms with Gasteiger partial charge in [0.1, 0.15) is 0 Å². The van der Waals surface area contributed by atoms with Crippen LogP contribution in [0, 0.1) is 5.92 Å². The van der Waals surface area contributed by atoms with Crippen molar-refractivity contribution in [3.05, 3.63) is 35.4 Å². The molecule has 8 heteroatoms. The van der Waals surface area contributed by atoms with Crippen LogP contribution in [-0.4, -0.2) is 43.1 Å². The van der Waals surface area contributed by atoms with E-state index < -0.39 is 11.7 Å². The van der Waals surface area contributed by atoms with Crippen LogP contribution >= 0.6 is 24.0 Å². The van der Waals surface area contributed by atoms with Gasteiger partial charge in [0, 0.05) is 38.8 Å². The summed E-state index contributed by atoms with van der Waals surface area (Å²) < 4.78 is 38.4. The molecule has 0 aromatic heterocycles. The van der Waals surface area contributed by atoms with Gasteiger partial charge in [-0.15, -0.1) is 24.0 Å². The van der Waals surface area contributed by atoms with Crippen molar-refractivity contribution in [3.63, 3.8) is 0 Å². The van der Waals surface area contributed by atoms with Gasteiger partial charge in [-0.3, -0.25) is 9.89 Å². The van der Waals surface area contributed by atoms with Crippen LogP contribution in [0.3, 0.4) is 0 Å². The molecule has 2 rings (SSSR count). The second-order valence-electron chi connectivity index (χ2n) is 6.90. The molecular weight excluding hydrogens is 456 g/mol. The molecule has 1 aromatic rings. The molecule has 1 aromatic carbocycles. The van der Waals surface area contributed by atoms with Crippen molar-refractivity contribution >= 4 is 29.9 Å². The third-order valence-corrected chi connectivity index (χ3v) is 4.63. The van der Waals surface area contributed by atoms with E-state index in [2.05, 4.69) is 41.3 Å². The summed E-state index contributed by atoms with van der Waals surface area (Å²) in [4.78, 5) is 6.60. The van der Waals surface area contributed by atoms with Crippen LogP contribution in [-0.2, 0) is 12.7 Å². The van der Waals surface area contributed by atoms with Crippen LogP contribution in [0.5, 0.6) is 0 Å². The van der Waals surface area contributed by atoms with Crippen LogP contribution in [0.2, 0.25) is 0 Å². The SMILES string of the molecule is CN=C(NCc1cccc(C(F)(F)F)c1)NC1CN(C(C)C)CC1C.I. The molecule has 2 N–H and O–H groups in total. The Morgan fingerprint density at radius 1 is 1.31 bits per heavy atom. The topological polar surface area (TPSA) is 39.7 Å². The summed E-state index contributed by atoms with van der Waals surface area (Å²) in [5.41, 5.74) is -0.0622. The summed E-state index contributed by atoms with van der Waals surface area (Å²) in [6, 6.07) is 6.12. The number of nitrogens with zero attached hydrogens (tertiary/aromatic N) is 2. The number of halogens is 4. The van der Waals surface area contributed by atoms with Crippen molar-refractivity contribution in [2.45, 2.75) is 45.6 Å². The minimum absolute atomic E-state index is 0. The largest absolute Gasteiger partial charge is 0.416 e.